The van der Waals surface area contributed by atoms with Gasteiger partial charge in [-0.25, -0.2) is 0 Å². The van der Waals surface area contributed by atoms with E-state index in [0.29, 0.717) is 6.10 Å². The van der Waals surface area contributed by atoms with Crippen LogP contribution in [0.3, 0.4) is 0 Å². The number of ether oxygens (including phenoxy) is 1. The molecule has 0 bridgehead atoms. The predicted molar refractivity (Wildman–Crippen MR) is 65.3 cm³/mol. The van der Waals surface area contributed by atoms with Crippen LogP contribution in [-0.4, -0.2) is 32.3 Å². The van der Waals surface area contributed by atoms with Gasteiger partial charge in [-0.2, -0.15) is 0 Å². The summed E-state index contributed by atoms with van der Waals surface area (Å²) < 4.78 is 5.72. The number of benzene rings is 1. The second-order valence-electron chi connectivity index (χ2n) is 4.66. The smallest absolute Gasteiger partial charge is 0.123 e. The summed E-state index contributed by atoms with van der Waals surface area (Å²) in [6, 6.07) is 6.60. The molecule has 1 aromatic carbocycles. The van der Waals surface area contributed by atoms with Crippen molar-refractivity contribution in [1.82, 2.24) is 5.32 Å². The summed E-state index contributed by atoms with van der Waals surface area (Å²) in [6.45, 7) is 6.52. The quantitative estimate of drug-likeness (QED) is 0.771. The summed E-state index contributed by atoms with van der Waals surface area (Å²) in [5.74, 6) is 1.08. The predicted octanol–water partition coefficient (Wildman–Crippen LogP) is 1.42. The highest BCUT2D eigenvalue weighted by atomic mass is 16.5. The second-order valence-corrected chi connectivity index (χ2v) is 4.66. The molecule has 1 N–H and O–H groups in total. The largest absolute Gasteiger partial charge is 0.490 e. The van der Waals surface area contributed by atoms with Gasteiger partial charge in [0.05, 0.1) is 0 Å². The first-order valence-electron chi connectivity index (χ1n) is 6.08. The van der Waals surface area contributed by atoms with Gasteiger partial charge in [-0.3, -0.25) is 0 Å². The Morgan fingerprint density at radius 1 is 1.31 bits per heavy atom. The molecule has 3 rings (SSSR count). The minimum absolute atomic E-state index is 0.341. The SMILES string of the molecule is CC1Cc2cc(N3CCNCC3)ccc2O1. The van der Waals surface area contributed by atoms with Crippen molar-refractivity contribution in [2.45, 2.75) is 19.4 Å². The molecule has 1 aromatic rings. The maximum Gasteiger partial charge on any atom is 0.123 e. The van der Waals surface area contributed by atoms with Crippen LogP contribution < -0.4 is 15.0 Å². The maximum atomic E-state index is 5.72. The molecule has 1 saturated heterocycles. The van der Waals surface area contributed by atoms with Crippen molar-refractivity contribution < 1.29 is 4.74 Å². The topological polar surface area (TPSA) is 24.5 Å². The monoisotopic (exact) mass is 218 g/mol. The third-order valence-electron chi connectivity index (χ3n) is 3.36. The summed E-state index contributed by atoms with van der Waals surface area (Å²) in [5.41, 5.74) is 2.71. The van der Waals surface area contributed by atoms with Gasteiger partial charge in [-0.05, 0) is 30.7 Å². The van der Waals surface area contributed by atoms with E-state index >= 15 is 0 Å². The van der Waals surface area contributed by atoms with Gasteiger partial charge < -0.3 is 15.0 Å². The minimum Gasteiger partial charge on any atom is -0.490 e. The zero-order chi connectivity index (χ0) is 11.0. The molecule has 2 aliphatic rings. The van der Waals surface area contributed by atoms with Crippen LogP contribution in [0.2, 0.25) is 0 Å². The average Bonchev–Trinajstić information content (AvgIpc) is 2.69. The fourth-order valence-corrected chi connectivity index (χ4v) is 2.53. The maximum absolute atomic E-state index is 5.72. The molecule has 0 radical (unpaired) electrons. The van der Waals surface area contributed by atoms with Crippen LogP contribution in [0.5, 0.6) is 5.75 Å². The standard InChI is InChI=1S/C13H18N2O/c1-10-8-11-9-12(2-3-13(11)16-10)15-6-4-14-5-7-15/h2-3,9-10,14H,4-8H2,1H3. The fourth-order valence-electron chi connectivity index (χ4n) is 2.53. The van der Waals surface area contributed by atoms with Gasteiger partial charge >= 0.3 is 0 Å². The summed E-state index contributed by atoms with van der Waals surface area (Å²) >= 11 is 0. The van der Waals surface area contributed by atoms with Gasteiger partial charge in [0, 0.05) is 38.3 Å². The van der Waals surface area contributed by atoms with Crippen molar-refractivity contribution in [3.8, 4) is 5.75 Å². The second kappa shape index (κ2) is 3.98. The van der Waals surface area contributed by atoms with Crippen molar-refractivity contribution in [1.29, 1.82) is 0 Å². The van der Waals surface area contributed by atoms with Crippen LogP contribution in [0.25, 0.3) is 0 Å². The van der Waals surface area contributed by atoms with Gasteiger partial charge in [-0.1, -0.05) is 0 Å². The minimum atomic E-state index is 0.341. The van der Waals surface area contributed by atoms with Crippen molar-refractivity contribution in [3.05, 3.63) is 23.8 Å². The Bertz CT molecular complexity index is 386. The Kier molecular flexibility index (Phi) is 2.48. The van der Waals surface area contributed by atoms with Crippen molar-refractivity contribution >= 4 is 5.69 Å². The van der Waals surface area contributed by atoms with Crippen LogP contribution >= 0.6 is 0 Å². The third-order valence-corrected chi connectivity index (χ3v) is 3.36. The number of hydrogen-bond acceptors (Lipinski definition) is 3. The highest BCUT2D eigenvalue weighted by Crippen LogP contribution is 2.32. The van der Waals surface area contributed by atoms with Gasteiger partial charge in [0.1, 0.15) is 11.9 Å². The number of nitrogens with one attached hydrogen (secondary N) is 1. The van der Waals surface area contributed by atoms with E-state index in [9.17, 15) is 0 Å². The Balaban J connectivity index is 1.84. The highest BCUT2D eigenvalue weighted by molar-refractivity contribution is 5.54. The Morgan fingerprint density at radius 2 is 2.12 bits per heavy atom. The van der Waals surface area contributed by atoms with Crippen LogP contribution in [0.4, 0.5) is 5.69 Å². The van der Waals surface area contributed by atoms with Gasteiger partial charge in [0.15, 0.2) is 0 Å². The third kappa shape index (κ3) is 1.76. The first-order valence-corrected chi connectivity index (χ1v) is 6.08. The van der Waals surface area contributed by atoms with Crippen LogP contribution in [0.15, 0.2) is 18.2 Å². The van der Waals surface area contributed by atoms with E-state index in [2.05, 4.69) is 35.3 Å². The summed E-state index contributed by atoms with van der Waals surface area (Å²) in [5, 5.41) is 3.38. The number of hydrogen-bond donors (Lipinski definition) is 1. The highest BCUT2D eigenvalue weighted by Gasteiger charge is 2.20. The first kappa shape index (κ1) is 9.97. The molecular weight excluding hydrogens is 200 g/mol. The van der Waals surface area contributed by atoms with Crippen molar-refractivity contribution in [2.24, 2.45) is 0 Å². The Labute approximate surface area is 96.4 Å². The molecule has 86 valence electrons. The van der Waals surface area contributed by atoms with Gasteiger partial charge in [-0.15, -0.1) is 0 Å². The zero-order valence-electron chi connectivity index (χ0n) is 9.70. The van der Waals surface area contributed by atoms with E-state index in [4.69, 9.17) is 4.74 Å². The molecule has 3 heteroatoms. The molecule has 3 nitrogen and oxygen atoms in total. The van der Waals surface area contributed by atoms with Gasteiger partial charge in [0.2, 0.25) is 0 Å². The number of piperazine rings is 1. The molecule has 16 heavy (non-hydrogen) atoms. The van der Waals surface area contributed by atoms with Gasteiger partial charge in [0.25, 0.3) is 0 Å². The van der Waals surface area contributed by atoms with Crippen LogP contribution in [0, 0.1) is 0 Å². The molecule has 1 fully saturated rings. The normalized spacial score (nSPS) is 24.1. The fraction of sp³-hybridized carbons (Fsp3) is 0.538. The lowest BCUT2D eigenvalue weighted by atomic mass is 10.1. The Morgan fingerprint density at radius 3 is 2.94 bits per heavy atom. The Hall–Kier alpha value is -1.22. The molecule has 0 saturated carbocycles. The molecule has 0 spiro atoms. The lowest BCUT2D eigenvalue weighted by Gasteiger charge is -2.29. The molecule has 0 amide bonds. The summed E-state index contributed by atoms with van der Waals surface area (Å²) in [6.07, 6.45) is 1.39. The van der Waals surface area contributed by atoms with Crippen LogP contribution in [0.1, 0.15) is 12.5 Å². The zero-order valence-corrected chi connectivity index (χ0v) is 9.70. The lowest BCUT2D eigenvalue weighted by molar-refractivity contribution is 0.254. The average molecular weight is 218 g/mol. The molecule has 0 aromatic heterocycles. The number of anilines is 1. The molecule has 1 atom stereocenters. The van der Waals surface area contributed by atoms with E-state index in [-0.39, 0.29) is 0 Å². The van der Waals surface area contributed by atoms with Crippen molar-refractivity contribution in [3.63, 3.8) is 0 Å². The van der Waals surface area contributed by atoms with Crippen LogP contribution in [-0.2, 0) is 6.42 Å². The lowest BCUT2D eigenvalue weighted by Crippen LogP contribution is -2.43. The number of rotatable bonds is 1. The van der Waals surface area contributed by atoms with E-state index in [1.54, 1.807) is 0 Å². The number of nitrogens with zero attached hydrogens (tertiary/aromatic N) is 1. The molecule has 2 heterocycles. The molecule has 0 aliphatic carbocycles. The molecule has 2 aliphatic heterocycles. The van der Waals surface area contributed by atoms with E-state index in [0.717, 1.165) is 38.3 Å². The first-order chi connectivity index (χ1) is 7.83. The molecular formula is C13H18N2O. The van der Waals surface area contributed by atoms with E-state index < -0.39 is 0 Å². The summed E-state index contributed by atoms with van der Waals surface area (Å²) in [7, 11) is 0. The van der Waals surface area contributed by atoms with E-state index in [1.165, 1.54) is 11.3 Å². The van der Waals surface area contributed by atoms with E-state index in [1.807, 2.05) is 0 Å². The van der Waals surface area contributed by atoms with Crippen molar-refractivity contribution in [2.75, 3.05) is 31.1 Å². The molecule has 1 unspecified atom stereocenters. The number of fused-ring (bicyclic) bond motifs is 1. The summed E-state index contributed by atoms with van der Waals surface area (Å²) in [4.78, 5) is 2.44.